The maximum atomic E-state index is 13.8. The first-order valence-corrected chi connectivity index (χ1v) is 12.4. The van der Waals surface area contributed by atoms with Gasteiger partial charge in [0.2, 0.25) is 10.0 Å². The minimum Gasteiger partial charge on any atom is -0.462 e. The van der Waals surface area contributed by atoms with E-state index in [-0.39, 0.29) is 36.0 Å². The number of halogens is 2. The van der Waals surface area contributed by atoms with Gasteiger partial charge in [-0.1, -0.05) is 12.1 Å². The van der Waals surface area contributed by atoms with Gasteiger partial charge in [-0.15, -0.1) is 0 Å². The van der Waals surface area contributed by atoms with Gasteiger partial charge in [0.25, 0.3) is 0 Å². The van der Waals surface area contributed by atoms with Crippen LogP contribution < -0.4 is 0 Å². The monoisotopic (exact) mass is 492 g/mol. The lowest BCUT2D eigenvalue weighted by molar-refractivity contribution is 0.0525. The number of hydrogen-bond acceptors (Lipinski definition) is 6. The van der Waals surface area contributed by atoms with Crippen LogP contribution in [0.4, 0.5) is 8.78 Å². The number of piperazine rings is 1. The van der Waals surface area contributed by atoms with Crippen molar-refractivity contribution in [2.24, 2.45) is 0 Å². The van der Waals surface area contributed by atoms with Gasteiger partial charge >= 0.3 is 12.5 Å². The minimum atomic E-state index is -3.76. The Hall–Kier alpha value is -2.89. The van der Waals surface area contributed by atoms with Crippen molar-refractivity contribution >= 4 is 27.0 Å². The minimum absolute atomic E-state index is 0.0848. The number of rotatable bonds is 7. The van der Waals surface area contributed by atoms with Gasteiger partial charge in [-0.05, 0) is 50.2 Å². The van der Waals surface area contributed by atoms with Crippen LogP contribution in [0.15, 0.2) is 53.4 Å². The molecule has 4 rings (SSSR count). The molecular formula is C23H26F2N4O4S. The molecule has 0 bridgehead atoms. The lowest BCUT2D eigenvalue weighted by Crippen LogP contribution is -2.49. The molecule has 1 atom stereocenters. The summed E-state index contributed by atoms with van der Waals surface area (Å²) < 4.78 is 61.1. The van der Waals surface area contributed by atoms with Crippen LogP contribution in [0.5, 0.6) is 0 Å². The summed E-state index contributed by atoms with van der Waals surface area (Å²) >= 11 is 0. The molecule has 0 spiro atoms. The Balaban J connectivity index is 1.47. The number of fused-ring (bicyclic) bond motifs is 1. The summed E-state index contributed by atoms with van der Waals surface area (Å²) in [5.41, 5.74) is 1.14. The summed E-state index contributed by atoms with van der Waals surface area (Å²) in [4.78, 5) is 18.3. The van der Waals surface area contributed by atoms with Crippen molar-refractivity contribution in [3.05, 3.63) is 59.9 Å². The van der Waals surface area contributed by atoms with Gasteiger partial charge in [-0.2, -0.15) is 13.1 Å². The second kappa shape index (κ2) is 9.77. The van der Waals surface area contributed by atoms with Crippen LogP contribution in [0.3, 0.4) is 0 Å². The Morgan fingerprint density at radius 3 is 2.32 bits per heavy atom. The first-order chi connectivity index (χ1) is 16.2. The summed E-state index contributed by atoms with van der Waals surface area (Å²) in [5, 5.41) is 0. The number of alkyl halides is 2. The standard InChI is InChI=1S/C23H26F2N4O4S/c1-3-33-22(30)17-8-10-18(11-9-17)34(31,32)28-14-12-27(13-15-28)16(2)21-26-19-6-4-5-7-20(19)29(21)23(24)25/h4-11,16,23H,3,12-15H2,1-2H3. The Morgan fingerprint density at radius 2 is 1.71 bits per heavy atom. The number of para-hydroxylation sites is 2. The predicted octanol–water partition coefficient (Wildman–Crippen LogP) is 3.68. The number of benzene rings is 2. The van der Waals surface area contributed by atoms with E-state index in [1.54, 1.807) is 38.1 Å². The number of hydrogen-bond donors (Lipinski definition) is 0. The fourth-order valence-corrected chi connectivity index (χ4v) is 5.61. The zero-order chi connectivity index (χ0) is 24.5. The van der Waals surface area contributed by atoms with E-state index in [0.717, 1.165) is 4.57 Å². The van der Waals surface area contributed by atoms with Crippen molar-refractivity contribution in [3.63, 3.8) is 0 Å². The second-order valence-corrected chi connectivity index (χ2v) is 9.91. The Bertz CT molecular complexity index is 1270. The van der Waals surface area contributed by atoms with E-state index in [1.165, 1.54) is 28.6 Å². The molecule has 1 fully saturated rings. The van der Waals surface area contributed by atoms with Gasteiger partial charge < -0.3 is 4.74 Å². The zero-order valence-corrected chi connectivity index (χ0v) is 19.7. The van der Waals surface area contributed by atoms with Crippen LogP contribution in [0.25, 0.3) is 11.0 Å². The molecule has 182 valence electrons. The van der Waals surface area contributed by atoms with E-state index >= 15 is 0 Å². The van der Waals surface area contributed by atoms with E-state index in [4.69, 9.17) is 4.74 Å². The van der Waals surface area contributed by atoms with Crippen molar-refractivity contribution in [3.8, 4) is 0 Å². The first kappa shape index (κ1) is 24.2. The van der Waals surface area contributed by atoms with Crippen LogP contribution in [-0.4, -0.2) is 65.9 Å². The Kier molecular flexibility index (Phi) is 6.96. The van der Waals surface area contributed by atoms with Gasteiger partial charge in [0.05, 0.1) is 34.1 Å². The Labute approximate surface area is 196 Å². The molecule has 1 aliphatic heterocycles. The summed E-state index contributed by atoms with van der Waals surface area (Å²) in [6.07, 6.45) is 0. The predicted molar refractivity (Wildman–Crippen MR) is 122 cm³/mol. The number of aromatic nitrogens is 2. The summed E-state index contributed by atoms with van der Waals surface area (Å²) in [7, 11) is -3.76. The quantitative estimate of drug-likeness (QED) is 0.468. The van der Waals surface area contributed by atoms with Gasteiger partial charge in [0.15, 0.2) is 0 Å². The second-order valence-electron chi connectivity index (χ2n) is 7.97. The summed E-state index contributed by atoms with van der Waals surface area (Å²) in [6.45, 7) is 2.15. The third-order valence-corrected chi connectivity index (χ3v) is 7.93. The highest BCUT2D eigenvalue weighted by atomic mass is 32.2. The van der Waals surface area contributed by atoms with Crippen LogP contribution in [-0.2, 0) is 14.8 Å². The molecule has 34 heavy (non-hydrogen) atoms. The highest BCUT2D eigenvalue weighted by Gasteiger charge is 2.32. The summed E-state index contributed by atoms with van der Waals surface area (Å²) in [6, 6.07) is 12.0. The topological polar surface area (TPSA) is 84.7 Å². The lowest BCUT2D eigenvalue weighted by Gasteiger charge is -2.37. The fourth-order valence-electron chi connectivity index (χ4n) is 4.18. The Morgan fingerprint density at radius 1 is 1.06 bits per heavy atom. The van der Waals surface area contributed by atoms with Crippen molar-refractivity contribution in [2.75, 3.05) is 32.8 Å². The number of sulfonamides is 1. The van der Waals surface area contributed by atoms with Crippen LogP contribution in [0.1, 0.15) is 42.6 Å². The molecule has 0 N–H and O–H groups in total. The SMILES string of the molecule is CCOC(=O)c1ccc(S(=O)(=O)N2CCN(C(C)c3nc4ccccc4n3C(F)F)CC2)cc1. The maximum absolute atomic E-state index is 13.8. The fraction of sp³-hybridized carbons (Fsp3) is 0.391. The third-order valence-electron chi connectivity index (χ3n) is 6.02. The normalized spacial score (nSPS) is 16.7. The molecule has 8 nitrogen and oxygen atoms in total. The van der Waals surface area contributed by atoms with Crippen molar-refractivity contribution < 1.29 is 26.7 Å². The molecule has 0 amide bonds. The molecule has 2 heterocycles. The molecule has 1 aromatic heterocycles. The van der Waals surface area contributed by atoms with Gasteiger partial charge in [-0.3, -0.25) is 9.47 Å². The molecule has 0 aliphatic carbocycles. The number of imidazole rings is 1. The van der Waals surface area contributed by atoms with Crippen LogP contribution in [0.2, 0.25) is 0 Å². The molecule has 2 aromatic carbocycles. The summed E-state index contributed by atoms with van der Waals surface area (Å²) in [5.74, 6) is -0.258. The largest absolute Gasteiger partial charge is 0.462 e. The number of carbonyl (C=O) groups is 1. The van der Waals surface area contributed by atoms with Crippen LogP contribution in [0, 0.1) is 0 Å². The van der Waals surface area contributed by atoms with Crippen LogP contribution >= 0.6 is 0 Å². The molecule has 11 heteroatoms. The van der Waals surface area contributed by atoms with Gasteiger partial charge in [-0.25, -0.2) is 18.2 Å². The van der Waals surface area contributed by atoms with E-state index in [1.807, 2.05) is 4.90 Å². The highest BCUT2D eigenvalue weighted by Crippen LogP contribution is 2.30. The first-order valence-electron chi connectivity index (χ1n) is 11.0. The van der Waals surface area contributed by atoms with Crippen molar-refractivity contribution in [1.82, 2.24) is 18.8 Å². The molecule has 0 radical (unpaired) electrons. The van der Waals surface area contributed by atoms with E-state index in [0.29, 0.717) is 24.1 Å². The molecule has 1 unspecified atom stereocenters. The molecular weight excluding hydrogens is 466 g/mol. The smallest absolute Gasteiger partial charge is 0.338 e. The van der Waals surface area contributed by atoms with Crippen molar-refractivity contribution in [2.45, 2.75) is 31.3 Å². The number of ether oxygens (including phenoxy) is 1. The molecule has 1 aliphatic rings. The maximum Gasteiger partial charge on any atom is 0.338 e. The lowest BCUT2D eigenvalue weighted by atomic mass is 10.2. The number of nitrogens with zero attached hydrogens (tertiary/aromatic N) is 4. The number of esters is 1. The van der Waals surface area contributed by atoms with E-state index in [2.05, 4.69) is 4.98 Å². The molecule has 0 saturated carbocycles. The average molecular weight is 493 g/mol. The van der Waals surface area contributed by atoms with Crippen molar-refractivity contribution in [1.29, 1.82) is 0 Å². The average Bonchev–Trinajstić information content (AvgIpc) is 3.24. The van der Waals surface area contributed by atoms with E-state index in [9.17, 15) is 22.0 Å². The molecule has 3 aromatic rings. The zero-order valence-electron chi connectivity index (χ0n) is 18.9. The van der Waals surface area contributed by atoms with Gasteiger partial charge in [0, 0.05) is 26.2 Å². The van der Waals surface area contributed by atoms with E-state index < -0.39 is 28.6 Å². The molecule has 1 saturated heterocycles. The van der Waals surface area contributed by atoms with Gasteiger partial charge in [0.1, 0.15) is 5.82 Å². The third kappa shape index (κ3) is 4.55. The number of carbonyl (C=O) groups excluding carboxylic acids is 1. The highest BCUT2D eigenvalue weighted by molar-refractivity contribution is 7.89.